The predicted molar refractivity (Wildman–Crippen MR) is 78.9 cm³/mol. The van der Waals surface area contributed by atoms with Crippen LogP contribution >= 0.6 is 0 Å². The first-order valence-corrected chi connectivity index (χ1v) is 7.99. The van der Waals surface area contributed by atoms with E-state index in [0.29, 0.717) is 6.04 Å². The minimum Gasteiger partial charge on any atom is -0.307 e. The number of pyridine rings is 1. The van der Waals surface area contributed by atoms with Crippen molar-refractivity contribution in [2.75, 3.05) is 0 Å². The molecule has 2 heteroatoms. The molecule has 0 bridgehead atoms. The summed E-state index contributed by atoms with van der Waals surface area (Å²) in [6.07, 6.45) is 13.9. The van der Waals surface area contributed by atoms with Gasteiger partial charge in [0.1, 0.15) is 0 Å². The predicted octanol–water partition coefficient (Wildman–Crippen LogP) is 4.09. The highest BCUT2D eigenvalue weighted by atomic mass is 14.9. The van der Waals surface area contributed by atoms with Gasteiger partial charge < -0.3 is 5.32 Å². The maximum atomic E-state index is 4.10. The lowest BCUT2D eigenvalue weighted by Crippen LogP contribution is -2.39. The largest absolute Gasteiger partial charge is 0.307 e. The van der Waals surface area contributed by atoms with Crippen LogP contribution < -0.4 is 5.32 Å². The Bertz CT molecular complexity index is 390. The van der Waals surface area contributed by atoms with Gasteiger partial charge in [0, 0.05) is 24.5 Å². The van der Waals surface area contributed by atoms with E-state index in [1.54, 1.807) is 0 Å². The molecule has 104 valence electrons. The summed E-state index contributed by atoms with van der Waals surface area (Å²) in [5, 5.41) is 3.84. The molecule has 4 atom stereocenters. The Kier molecular flexibility index (Phi) is 4.17. The van der Waals surface area contributed by atoms with Crippen LogP contribution in [0.3, 0.4) is 0 Å². The van der Waals surface area contributed by atoms with E-state index in [1.807, 2.05) is 12.4 Å². The first-order valence-electron chi connectivity index (χ1n) is 7.99. The van der Waals surface area contributed by atoms with Gasteiger partial charge in [-0.25, -0.2) is 0 Å². The van der Waals surface area contributed by atoms with Gasteiger partial charge in [-0.1, -0.05) is 25.7 Å². The van der Waals surface area contributed by atoms with Gasteiger partial charge in [-0.2, -0.15) is 0 Å². The molecule has 3 unspecified atom stereocenters. The van der Waals surface area contributed by atoms with Gasteiger partial charge >= 0.3 is 0 Å². The summed E-state index contributed by atoms with van der Waals surface area (Å²) < 4.78 is 0. The summed E-state index contributed by atoms with van der Waals surface area (Å²) >= 11 is 0. The highest BCUT2D eigenvalue weighted by Crippen LogP contribution is 2.40. The molecule has 1 aromatic heterocycles. The Morgan fingerprint density at radius 2 is 1.79 bits per heavy atom. The van der Waals surface area contributed by atoms with Crippen LogP contribution in [0.5, 0.6) is 0 Å². The molecule has 2 aliphatic carbocycles. The average Bonchev–Trinajstić information content (AvgIpc) is 2.48. The van der Waals surface area contributed by atoms with Crippen molar-refractivity contribution in [2.45, 2.75) is 64.0 Å². The standard InChI is InChI=1S/C17H26N2/c1-13(14-8-10-18-11-9-14)19-17-7-6-15-4-2-3-5-16(15)12-17/h8-11,13,15-17,19H,2-7,12H2,1H3/t13-,15?,16?,17?/m1/s1. The van der Waals surface area contributed by atoms with Crippen LogP contribution in [-0.4, -0.2) is 11.0 Å². The molecule has 2 aliphatic rings. The van der Waals surface area contributed by atoms with Crippen molar-refractivity contribution in [1.82, 2.24) is 10.3 Å². The van der Waals surface area contributed by atoms with Crippen molar-refractivity contribution in [3.63, 3.8) is 0 Å². The van der Waals surface area contributed by atoms with Crippen molar-refractivity contribution < 1.29 is 0 Å². The minimum absolute atomic E-state index is 0.452. The third-order valence-corrected chi connectivity index (χ3v) is 5.23. The topological polar surface area (TPSA) is 24.9 Å². The zero-order valence-electron chi connectivity index (χ0n) is 12.0. The molecule has 0 aromatic carbocycles. The zero-order valence-corrected chi connectivity index (χ0v) is 12.0. The Hall–Kier alpha value is -0.890. The summed E-state index contributed by atoms with van der Waals surface area (Å²) in [5.74, 6) is 2.05. The summed E-state index contributed by atoms with van der Waals surface area (Å²) in [5.41, 5.74) is 1.36. The van der Waals surface area contributed by atoms with Gasteiger partial charge in [0.15, 0.2) is 0 Å². The highest BCUT2D eigenvalue weighted by Gasteiger charge is 2.32. The Balaban J connectivity index is 1.56. The van der Waals surface area contributed by atoms with Crippen LogP contribution in [0, 0.1) is 11.8 Å². The molecule has 0 aliphatic heterocycles. The Morgan fingerprint density at radius 3 is 2.58 bits per heavy atom. The van der Waals surface area contributed by atoms with Gasteiger partial charge in [-0.3, -0.25) is 4.98 Å². The number of hydrogen-bond acceptors (Lipinski definition) is 2. The van der Waals surface area contributed by atoms with E-state index in [4.69, 9.17) is 0 Å². The van der Waals surface area contributed by atoms with Crippen molar-refractivity contribution in [2.24, 2.45) is 11.8 Å². The highest BCUT2D eigenvalue weighted by molar-refractivity contribution is 5.14. The molecule has 19 heavy (non-hydrogen) atoms. The van der Waals surface area contributed by atoms with E-state index in [1.165, 1.54) is 50.5 Å². The number of fused-ring (bicyclic) bond motifs is 1. The van der Waals surface area contributed by atoms with Crippen LogP contribution in [0.4, 0.5) is 0 Å². The van der Waals surface area contributed by atoms with E-state index in [-0.39, 0.29) is 0 Å². The van der Waals surface area contributed by atoms with E-state index in [0.717, 1.165) is 17.9 Å². The molecular weight excluding hydrogens is 232 g/mol. The third-order valence-electron chi connectivity index (χ3n) is 5.23. The molecule has 0 saturated heterocycles. The molecule has 0 radical (unpaired) electrons. The van der Waals surface area contributed by atoms with E-state index in [9.17, 15) is 0 Å². The van der Waals surface area contributed by atoms with E-state index >= 15 is 0 Å². The molecule has 2 fully saturated rings. The molecule has 3 rings (SSSR count). The summed E-state index contributed by atoms with van der Waals surface area (Å²) in [4.78, 5) is 4.10. The third kappa shape index (κ3) is 3.17. The number of nitrogens with zero attached hydrogens (tertiary/aromatic N) is 1. The summed E-state index contributed by atoms with van der Waals surface area (Å²) in [6, 6.07) is 5.43. The fourth-order valence-corrected chi connectivity index (χ4v) is 4.13. The summed E-state index contributed by atoms with van der Waals surface area (Å²) in [7, 11) is 0. The molecule has 0 amide bonds. The normalized spacial score (nSPS) is 32.6. The van der Waals surface area contributed by atoms with Crippen LogP contribution in [0.15, 0.2) is 24.5 Å². The number of rotatable bonds is 3. The number of hydrogen-bond donors (Lipinski definition) is 1. The molecule has 0 spiro atoms. The monoisotopic (exact) mass is 258 g/mol. The fourth-order valence-electron chi connectivity index (χ4n) is 4.13. The molecule has 1 aromatic rings. The molecule has 1 N–H and O–H groups in total. The van der Waals surface area contributed by atoms with Gasteiger partial charge in [0.25, 0.3) is 0 Å². The maximum absolute atomic E-state index is 4.10. The van der Waals surface area contributed by atoms with Crippen molar-refractivity contribution in [3.8, 4) is 0 Å². The Morgan fingerprint density at radius 1 is 1.05 bits per heavy atom. The lowest BCUT2D eigenvalue weighted by atomic mass is 9.69. The average molecular weight is 258 g/mol. The quantitative estimate of drug-likeness (QED) is 0.883. The van der Waals surface area contributed by atoms with Crippen molar-refractivity contribution in [3.05, 3.63) is 30.1 Å². The van der Waals surface area contributed by atoms with Crippen molar-refractivity contribution in [1.29, 1.82) is 0 Å². The smallest absolute Gasteiger partial charge is 0.0295 e. The van der Waals surface area contributed by atoms with Gasteiger partial charge in [0.05, 0.1) is 0 Å². The lowest BCUT2D eigenvalue weighted by molar-refractivity contribution is 0.139. The second kappa shape index (κ2) is 6.04. The second-order valence-corrected chi connectivity index (χ2v) is 6.48. The fraction of sp³-hybridized carbons (Fsp3) is 0.706. The first-order chi connectivity index (χ1) is 9.33. The van der Waals surface area contributed by atoms with Crippen molar-refractivity contribution >= 4 is 0 Å². The molecule has 2 saturated carbocycles. The van der Waals surface area contributed by atoms with Crippen LogP contribution in [0.25, 0.3) is 0 Å². The van der Waals surface area contributed by atoms with Crippen LogP contribution in [0.2, 0.25) is 0 Å². The van der Waals surface area contributed by atoms with Gasteiger partial charge in [-0.15, -0.1) is 0 Å². The van der Waals surface area contributed by atoms with Gasteiger partial charge in [-0.05, 0) is 55.7 Å². The Labute approximate surface area is 117 Å². The lowest BCUT2D eigenvalue weighted by Gasteiger charge is -2.40. The van der Waals surface area contributed by atoms with Crippen LogP contribution in [-0.2, 0) is 0 Å². The minimum atomic E-state index is 0.452. The molecule has 2 nitrogen and oxygen atoms in total. The van der Waals surface area contributed by atoms with Crippen LogP contribution in [0.1, 0.15) is 63.5 Å². The first kappa shape index (κ1) is 13.1. The molecule has 1 heterocycles. The zero-order chi connectivity index (χ0) is 13.1. The molecular formula is C17H26N2. The SMILES string of the molecule is C[C@@H](NC1CCC2CCCCC2C1)c1ccncc1. The number of aromatic nitrogens is 1. The van der Waals surface area contributed by atoms with E-state index in [2.05, 4.69) is 29.4 Å². The number of nitrogens with one attached hydrogen (secondary N) is 1. The van der Waals surface area contributed by atoms with E-state index < -0.39 is 0 Å². The second-order valence-electron chi connectivity index (χ2n) is 6.48. The maximum Gasteiger partial charge on any atom is 0.0295 e. The van der Waals surface area contributed by atoms with Gasteiger partial charge in [0.2, 0.25) is 0 Å². The summed E-state index contributed by atoms with van der Waals surface area (Å²) in [6.45, 7) is 2.28.